The van der Waals surface area contributed by atoms with E-state index in [1.54, 1.807) is 50.0 Å². The lowest BCUT2D eigenvalue weighted by Crippen LogP contribution is -2.41. The minimum absolute atomic E-state index is 0.0663. The van der Waals surface area contributed by atoms with Crippen molar-refractivity contribution in [2.24, 2.45) is 0 Å². The Kier molecular flexibility index (Phi) is 5.96. The first-order chi connectivity index (χ1) is 15.7. The van der Waals surface area contributed by atoms with Crippen molar-refractivity contribution < 1.29 is 14.6 Å². The molecule has 3 aromatic rings. The molecule has 1 aliphatic rings. The summed E-state index contributed by atoms with van der Waals surface area (Å²) in [6, 6.07) is 10.5. The van der Waals surface area contributed by atoms with Gasteiger partial charge in [-0.05, 0) is 87.6 Å². The van der Waals surface area contributed by atoms with Gasteiger partial charge in [-0.3, -0.25) is 9.80 Å². The molecule has 1 heterocycles. The van der Waals surface area contributed by atoms with Gasteiger partial charge >= 0.3 is 5.97 Å². The molecule has 33 heavy (non-hydrogen) atoms. The average molecular weight is 446 g/mol. The standard InChI is InChI=1S/C26H27N3O4/c1-5-13-28(20-11-9-17(10-12-20)25(32)33-26(2,3)4)29-23(16-30)27-22-15-19-8-6-7-18(19)14-21(22)24(29)31/h1,9-12,14-15,30H,6-8,13,16H2,2-4H3. The van der Waals surface area contributed by atoms with Gasteiger partial charge in [0.2, 0.25) is 0 Å². The Bertz CT molecular complexity index is 1310. The van der Waals surface area contributed by atoms with Crippen LogP contribution in [0.25, 0.3) is 10.9 Å². The van der Waals surface area contributed by atoms with Gasteiger partial charge in [0.1, 0.15) is 18.8 Å². The van der Waals surface area contributed by atoms with E-state index in [9.17, 15) is 14.7 Å². The number of anilines is 1. The van der Waals surface area contributed by atoms with Crippen LogP contribution in [0.15, 0.2) is 41.2 Å². The zero-order valence-electron chi connectivity index (χ0n) is 19.1. The lowest BCUT2D eigenvalue weighted by Gasteiger charge is -2.27. The third-order valence-corrected chi connectivity index (χ3v) is 5.55. The van der Waals surface area contributed by atoms with Gasteiger partial charge in [-0.1, -0.05) is 5.92 Å². The smallest absolute Gasteiger partial charge is 0.338 e. The molecular formula is C26H27N3O4. The van der Waals surface area contributed by atoms with Crippen LogP contribution in [0.5, 0.6) is 0 Å². The lowest BCUT2D eigenvalue weighted by atomic mass is 10.1. The first-order valence-electron chi connectivity index (χ1n) is 10.9. The van der Waals surface area contributed by atoms with Crippen LogP contribution in [0.3, 0.4) is 0 Å². The fourth-order valence-corrected chi connectivity index (χ4v) is 4.11. The zero-order valence-corrected chi connectivity index (χ0v) is 19.1. The highest BCUT2D eigenvalue weighted by molar-refractivity contribution is 5.90. The van der Waals surface area contributed by atoms with Crippen LogP contribution in [-0.2, 0) is 24.2 Å². The third-order valence-electron chi connectivity index (χ3n) is 5.55. The molecule has 1 aromatic heterocycles. The minimum Gasteiger partial charge on any atom is -0.456 e. The van der Waals surface area contributed by atoms with Gasteiger partial charge in [-0.15, -0.1) is 6.42 Å². The molecule has 0 saturated carbocycles. The number of aromatic nitrogens is 2. The Labute approximate surface area is 192 Å². The zero-order chi connectivity index (χ0) is 23.8. The van der Waals surface area contributed by atoms with E-state index >= 15 is 0 Å². The number of ether oxygens (including phenoxy) is 1. The maximum atomic E-state index is 13.6. The molecule has 0 atom stereocenters. The highest BCUT2D eigenvalue weighted by Gasteiger charge is 2.22. The summed E-state index contributed by atoms with van der Waals surface area (Å²) in [5.74, 6) is 2.32. The Balaban J connectivity index is 1.79. The first-order valence-corrected chi connectivity index (χ1v) is 10.9. The molecule has 0 bridgehead atoms. The molecule has 1 N–H and O–H groups in total. The highest BCUT2D eigenvalue weighted by Crippen LogP contribution is 2.26. The number of hydrogen-bond acceptors (Lipinski definition) is 6. The molecule has 0 amide bonds. The Hall–Kier alpha value is -3.63. The molecule has 4 rings (SSSR count). The number of aliphatic hydroxyl groups excluding tert-OH is 1. The summed E-state index contributed by atoms with van der Waals surface area (Å²) >= 11 is 0. The second-order valence-corrected chi connectivity index (χ2v) is 9.11. The number of rotatable bonds is 5. The van der Waals surface area contributed by atoms with Gasteiger partial charge in [0.05, 0.1) is 22.2 Å². The number of carbonyl (C=O) groups is 1. The van der Waals surface area contributed by atoms with Crippen LogP contribution < -0.4 is 10.6 Å². The minimum atomic E-state index is -0.606. The van der Waals surface area contributed by atoms with Gasteiger partial charge < -0.3 is 9.84 Å². The molecule has 1 aliphatic carbocycles. The van der Waals surface area contributed by atoms with Crippen molar-refractivity contribution in [3.8, 4) is 12.3 Å². The SMILES string of the molecule is C#CCN(c1ccc(C(=O)OC(C)(C)C)cc1)n1c(CO)nc2cc3c(cc2c1=O)CCC3. The molecule has 0 radical (unpaired) electrons. The summed E-state index contributed by atoms with van der Waals surface area (Å²) in [7, 11) is 0. The van der Waals surface area contributed by atoms with Gasteiger partial charge in [-0.25, -0.2) is 9.78 Å². The van der Waals surface area contributed by atoms with Crippen molar-refractivity contribution in [3.05, 3.63) is 69.3 Å². The second kappa shape index (κ2) is 8.72. The number of hydrogen-bond donors (Lipinski definition) is 1. The predicted molar refractivity (Wildman–Crippen MR) is 127 cm³/mol. The fraction of sp³-hybridized carbons (Fsp3) is 0.346. The van der Waals surface area contributed by atoms with E-state index in [1.807, 2.05) is 12.1 Å². The monoisotopic (exact) mass is 445 g/mol. The lowest BCUT2D eigenvalue weighted by molar-refractivity contribution is 0.00695. The number of benzene rings is 2. The molecule has 0 fully saturated rings. The van der Waals surface area contributed by atoms with E-state index in [-0.39, 0.29) is 17.9 Å². The van der Waals surface area contributed by atoms with Crippen molar-refractivity contribution in [1.29, 1.82) is 0 Å². The van der Waals surface area contributed by atoms with Crippen molar-refractivity contribution >= 4 is 22.6 Å². The normalized spacial score (nSPS) is 12.9. The summed E-state index contributed by atoms with van der Waals surface area (Å²) in [6.07, 6.45) is 8.58. The number of nitrogens with zero attached hydrogens (tertiary/aromatic N) is 3. The van der Waals surface area contributed by atoms with E-state index in [2.05, 4.69) is 10.9 Å². The molecule has 0 unspecified atom stereocenters. The van der Waals surface area contributed by atoms with Gasteiger partial charge in [0.15, 0.2) is 5.82 Å². The number of terminal acetylenes is 1. The quantitative estimate of drug-likeness (QED) is 0.480. The van der Waals surface area contributed by atoms with Crippen LogP contribution in [0.2, 0.25) is 0 Å². The Morgan fingerprint density at radius 3 is 2.48 bits per heavy atom. The number of aliphatic hydroxyl groups is 1. The predicted octanol–water partition coefficient (Wildman–Crippen LogP) is 3.24. The average Bonchev–Trinajstić information content (AvgIpc) is 3.23. The number of esters is 1. The van der Waals surface area contributed by atoms with E-state index in [4.69, 9.17) is 11.2 Å². The van der Waals surface area contributed by atoms with E-state index in [0.717, 1.165) is 24.8 Å². The highest BCUT2D eigenvalue weighted by atomic mass is 16.6. The summed E-state index contributed by atoms with van der Waals surface area (Å²) in [4.78, 5) is 30.5. The summed E-state index contributed by atoms with van der Waals surface area (Å²) < 4.78 is 6.74. The second-order valence-electron chi connectivity index (χ2n) is 9.11. The van der Waals surface area contributed by atoms with Crippen LogP contribution in [0, 0.1) is 12.3 Å². The third kappa shape index (κ3) is 4.48. The van der Waals surface area contributed by atoms with Crippen molar-refractivity contribution in [2.75, 3.05) is 11.6 Å². The molecular weight excluding hydrogens is 418 g/mol. The topological polar surface area (TPSA) is 84.7 Å². The first kappa shape index (κ1) is 22.6. The van der Waals surface area contributed by atoms with Crippen LogP contribution in [0.4, 0.5) is 5.69 Å². The van der Waals surface area contributed by atoms with Crippen LogP contribution in [0.1, 0.15) is 54.5 Å². The Morgan fingerprint density at radius 2 is 1.88 bits per heavy atom. The van der Waals surface area contributed by atoms with Gasteiger partial charge in [-0.2, -0.15) is 4.68 Å². The molecule has 170 valence electrons. The summed E-state index contributed by atoms with van der Waals surface area (Å²) in [5.41, 5.74) is 3.00. The van der Waals surface area contributed by atoms with Crippen molar-refractivity contribution in [1.82, 2.24) is 9.66 Å². The Morgan fingerprint density at radius 1 is 1.21 bits per heavy atom. The van der Waals surface area contributed by atoms with Gasteiger partial charge in [0, 0.05) is 0 Å². The molecule has 2 aromatic carbocycles. The van der Waals surface area contributed by atoms with Gasteiger partial charge in [0.25, 0.3) is 5.56 Å². The summed E-state index contributed by atoms with van der Waals surface area (Å²) in [5, 5.41) is 12.1. The summed E-state index contributed by atoms with van der Waals surface area (Å²) in [6.45, 7) is 5.05. The van der Waals surface area contributed by atoms with Crippen LogP contribution >= 0.6 is 0 Å². The molecule has 7 nitrogen and oxygen atoms in total. The fourth-order valence-electron chi connectivity index (χ4n) is 4.11. The van der Waals surface area contributed by atoms with E-state index < -0.39 is 18.2 Å². The number of carbonyl (C=O) groups excluding carboxylic acids is 1. The van der Waals surface area contributed by atoms with Crippen molar-refractivity contribution in [3.63, 3.8) is 0 Å². The van der Waals surface area contributed by atoms with E-state index in [1.165, 1.54) is 10.2 Å². The molecule has 0 aliphatic heterocycles. The maximum absolute atomic E-state index is 13.6. The van der Waals surface area contributed by atoms with Crippen LogP contribution in [-0.4, -0.2) is 32.9 Å². The maximum Gasteiger partial charge on any atom is 0.338 e. The molecule has 7 heteroatoms. The van der Waals surface area contributed by atoms with E-state index in [0.29, 0.717) is 22.2 Å². The largest absolute Gasteiger partial charge is 0.456 e. The molecule has 0 saturated heterocycles. The number of fused-ring (bicyclic) bond motifs is 2. The van der Waals surface area contributed by atoms with Crippen molar-refractivity contribution in [2.45, 2.75) is 52.2 Å². The molecule has 0 spiro atoms. The number of aryl methyl sites for hydroxylation is 2.